The highest BCUT2D eigenvalue weighted by atomic mass is 19.1. The summed E-state index contributed by atoms with van der Waals surface area (Å²) < 4.78 is 19.3. The predicted octanol–water partition coefficient (Wildman–Crippen LogP) is 4.73. The van der Waals surface area contributed by atoms with Crippen LogP contribution in [0.25, 0.3) is 11.4 Å². The van der Waals surface area contributed by atoms with Crippen molar-refractivity contribution in [2.45, 2.75) is 44.9 Å². The topological polar surface area (TPSA) is 62.5 Å². The van der Waals surface area contributed by atoms with E-state index in [1.807, 2.05) is 11.0 Å². The van der Waals surface area contributed by atoms with Gasteiger partial charge < -0.3 is 14.3 Å². The Morgan fingerprint density at radius 1 is 1.15 bits per heavy atom. The van der Waals surface area contributed by atoms with Crippen LogP contribution in [0.4, 0.5) is 10.1 Å². The van der Waals surface area contributed by atoms with E-state index < -0.39 is 0 Å². The molecule has 0 bridgehead atoms. The molecule has 2 aliphatic rings. The molecule has 6 nitrogen and oxygen atoms in total. The van der Waals surface area contributed by atoms with Crippen molar-refractivity contribution >= 4 is 11.6 Å². The summed E-state index contributed by atoms with van der Waals surface area (Å²) >= 11 is 0. The molecular formula is C26H29FN4O2. The van der Waals surface area contributed by atoms with Gasteiger partial charge in [0.1, 0.15) is 5.82 Å². The molecule has 1 amide bonds. The highest BCUT2D eigenvalue weighted by Crippen LogP contribution is 2.38. The number of anilines is 1. The van der Waals surface area contributed by atoms with Crippen LogP contribution < -0.4 is 4.90 Å². The predicted molar refractivity (Wildman–Crippen MR) is 125 cm³/mol. The minimum Gasteiger partial charge on any atom is -0.371 e. The standard InChI is InChI=1S/C26H29FN4O2/c1-18-10-11-19(16-22(18)27)26-28-24(33-29-26)8-4-14-31-17-20(21-6-2-3-7-23(21)31)12-15-30-13-5-9-25(30)32/h2-3,6-7,10-11,16,20H,4-5,8-9,12-15,17H2,1H3. The molecule has 0 radical (unpaired) electrons. The number of carbonyl (C=O) groups excluding carboxylic acids is 1. The number of aryl methyl sites for hydroxylation is 2. The number of halogens is 1. The Bertz CT molecular complexity index is 1140. The van der Waals surface area contributed by atoms with Gasteiger partial charge in [-0.05, 0) is 49.4 Å². The summed E-state index contributed by atoms with van der Waals surface area (Å²) in [5.41, 5.74) is 3.89. The molecule has 1 aromatic heterocycles. The molecule has 1 atom stereocenters. The highest BCUT2D eigenvalue weighted by Gasteiger charge is 2.29. The zero-order valence-electron chi connectivity index (χ0n) is 19.0. The minimum atomic E-state index is -0.268. The molecule has 3 heterocycles. The Kier molecular flexibility index (Phi) is 6.11. The molecule has 1 unspecified atom stereocenters. The van der Waals surface area contributed by atoms with Gasteiger partial charge in [0, 0.05) is 56.2 Å². The van der Waals surface area contributed by atoms with Gasteiger partial charge in [-0.15, -0.1) is 0 Å². The van der Waals surface area contributed by atoms with E-state index in [0.29, 0.717) is 47.5 Å². The summed E-state index contributed by atoms with van der Waals surface area (Å²) in [5, 5.41) is 4.03. The van der Waals surface area contributed by atoms with E-state index in [1.54, 1.807) is 13.0 Å². The Morgan fingerprint density at radius 3 is 2.85 bits per heavy atom. The van der Waals surface area contributed by atoms with E-state index in [9.17, 15) is 9.18 Å². The van der Waals surface area contributed by atoms with Gasteiger partial charge in [0.05, 0.1) is 0 Å². The summed E-state index contributed by atoms with van der Waals surface area (Å²) in [4.78, 5) is 20.9. The average molecular weight is 449 g/mol. The summed E-state index contributed by atoms with van der Waals surface area (Å²) in [5.74, 6) is 1.47. The van der Waals surface area contributed by atoms with Crippen molar-refractivity contribution in [2.75, 3.05) is 31.1 Å². The van der Waals surface area contributed by atoms with Gasteiger partial charge in [-0.1, -0.05) is 35.5 Å². The maximum Gasteiger partial charge on any atom is 0.227 e. The number of nitrogens with zero attached hydrogens (tertiary/aromatic N) is 4. The van der Waals surface area contributed by atoms with Crippen LogP contribution in [0.2, 0.25) is 0 Å². The van der Waals surface area contributed by atoms with E-state index in [-0.39, 0.29) is 5.82 Å². The van der Waals surface area contributed by atoms with Crippen molar-refractivity contribution < 1.29 is 13.7 Å². The second-order valence-electron chi connectivity index (χ2n) is 9.05. The number of benzene rings is 2. The number of hydrogen-bond donors (Lipinski definition) is 0. The van der Waals surface area contributed by atoms with Crippen molar-refractivity contribution in [3.05, 3.63) is 65.3 Å². The van der Waals surface area contributed by atoms with Crippen molar-refractivity contribution in [3.8, 4) is 11.4 Å². The van der Waals surface area contributed by atoms with E-state index in [4.69, 9.17) is 4.52 Å². The maximum absolute atomic E-state index is 13.9. The van der Waals surface area contributed by atoms with Crippen molar-refractivity contribution in [1.82, 2.24) is 15.0 Å². The number of aromatic nitrogens is 2. The Labute approximate surface area is 193 Å². The lowest BCUT2D eigenvalue weighted by Crippen LogP contribution is -2.28. The van der Waals surface area contributed by atoms with Gasteiger partial charge in [0.25, 0.3) is 0 Å². The van der Waals surface area contributed by atoms with Crippen LogP contribution in [0.15, 0.2) is 47.0 Å². The molecule has 0 aliphatic carbocycles. The number of rotatable bonds is 8. The fourth-order valence-electron chi connectivity index (χ4n) is 4.92. The first kappa shape index (κ1) is 21.6. The van der Waals surface area contributed by atoms with Gasteiger partial charge in [-0.3, -0.25) is 4.79 Å². The van der Waals surface area contributed by atoms with Crippen molar-refractivity contribution in [3.63, 3.8) is 0 Å². The van der Waals surface area contributed by atoms with Crippen LogP contribution in [0.1, 0.15) is 48.6 Å². The van der Waals surface area contributed by atoms with Crippen LogP contribution in [0, 0.1) is 12.7 Å². The summed E-state index contributed by atoms with van der Waals surface area (Å²) in [6.45, 7) is 5.34. The maximum atomic E-state index is 13.9. The average Bonchev–Trinajstić information content (AvgIpc) is 3.54. The number of fused-ring (bicyclic) bond motifs is 1. The van der Waals surface area contributed by atoms with Gasteiger partial charge in [0.15, 0.2) is 0 Å². The summed E-state index contributed by atoms with van der Waals surface area (Å²) in [6, 6.07) is 13.6. The van der Waals surface area contributed by atoms with Gasteiger partial charge >= 0.3 is 0 Å². The number of carbonyl (C=O) groups is 1. The van der Waals surface area contributed by atoms with E-state index in [2.05, 4.69) is 39.3 Å². The highest BCUT2D eigenvalue weighted by molar-refractivity contribution is 5.78. The lowest BCUT2D eigenvalue weighted by Gasteiger charge is -2.21. The molecule has 2 aromatic carbocycles. The van der Waals surface area contributed by atoms with Crippen molar-refractivity contribution in [2.24, 2.45) is 0 Å². The molecule has 0 saturated carbocycles. The normalized spacial score (nSPS) is 17.8. The van der Waals surface area contributed by atoms with Gasteiger partial charge in [-0.2, -0.15) is 4.98 Å². The third-order valence-corrected chi connectivity index (χ3v) is 6.79. The van der Waals surface area contributed by atoms with Crippen LogP contribution in [0.5, 0.6) is 0 Å². The molecule has 0 spiro atoms. The summed E-state index contributed by atoms with van der Waals surface area (Å²) in [6.07, 6.45) is 4.24. The van der Waals surface area contributed by atoms with Gasteiger partial charge in [-0.25, -0.2) is 4.39 Å². The minimum absolute atomic E-state index is 0.268. The second kappa shape index (κ2) is 9.33. The molecular weight excluding hydrogens is 419 g/mol. The zero-order chi connectivity index (χ0) is 22.8. The number of amides is 1. The van der Waals surface area contributed by atoms with Crippen LogP contribution in [-0.2, 0) is 11.2 Å². The number of para-hydroxylation sites is 1. The lowest BCUT2D eigenvalue weighted by molar-refractivity contribution is -0.127. The van der Waals surface area contributed by atoms with E-state index in [0.717, 1.165) is 45.4 Å². The monoisotopic (exact) mass is 448 g/mol. The van der Waals surface area contributed by atoms with E-state index in [1.165, 1.54) is 17.3 Å². The third kappa shape index (κ3) is 4.63. The second-order valence-corrected chi connectivity index (χ2v) is 9.05. The first-order valence-electron chi connectivity index (χ1n) is 11.8. The smallest absolute Gasteiger partial charge is 0.227 e. The molecule has 0 N–H and O–H groups in total. The molecule has 172 valence electrons. The van der Waals surface area contributed by atoms with Crippen molar-refractivity contribution in [1.29, 1.82) is 0 Å². The number of hydrogen-bond acceptors (Lipinski definition) is 5. The molecule has 3 aromatic rings. The largest absolute Gasteiger partial charge is 0.371 e. The molecule has 2 aliphatic heterocycles. The summed E-state index contributed by atoms with van der Waals surface area (Å²) in [7, 11) is 0. The lowest BCUT2D eigenvalue weighted by atomic mass is 9.98. The Hall–Kier alpha value is -3.22. The van der Waals surface area contributed by atoms with Crippen LogP contribution in [0.3, 0.4) is 0 Å². The third-order valence-electron chi connectivity index (χ3n) is 6.79. The fourth-order valence-corrected chi connectivity index (χ4v) is 4.92. The van der Waals surface area contributed by atoms with Gasteiger partial charge in [0.2, 0.25) is 17.6 Å². The Balaban J connectivity index is 1.17. The Morgan fingerprint density at radius 2 is 2.03 bits per heavy atom. The van der Waals surface area contributed by atoms with Crippen LogP contribution >= 0.6 is 0 Å². The SMILES string of the molecule is Cc1ccc(-c2noc(CCCN3CC(CCN4CCCC4=O)c4ccccc43)n2)cc1F. The molecule has 7 heteroatoms. The first-order valence-corrected chi connectivity index (χ1v) is 11.8. The fraction of sp³-hybridized carbons (Fsp3) is 0.423. The van der Waals surface area contributed by atoms with Crippen LogP contribution in [-0.4, -0.2) is 47.1 Å². The first-order chi connectivity index (χ1) is 16.1. The molecule has 33 heavy (non-hydrogen) atoms. The molecule has 1 fully saturated rings. The van der Waals surface area contributed by atoms with E-state index >= 15 is 0 Å². The molecule has 1 saturated heterocycles. The quantitative estimate of drug-likeness (QED) is 0.498. The zero-order valence-corrected chi connectivity index (χ0v) is 19.0. The number of likely N-dealkylation sites (tertiary alicyclic amines) is 1. The molecule has 5 rings (SSSR count).